The maximum Gasteiger partial charge on any atom is 0.294 e. The smallest absolute Gasteiger partial charge is 0.294 e. The van der Waals surface area contributed by atoms with Crippen LogP contribution in [0.4, 0.5) is 15.8 Å². The van der Waals surface area contributed by atoms with Gasteiger partial charge in [-0.3, -0.25) is 14.3 Å². The minimum absolute atomic E-state index is 0.0306. The largest absolute Gasteiger partial charge is 0.377 e. The van der Waals surface area contributed by atoms with Crippen LogP contribution in [0, 0.1) is 15.9 Å². The minimum Gasteiger partial charge on any atom is -0.377 e. The molecule has 1 aliphatic heterocycles. The van der Waals surface area contributed by atoms with Crippen LogP contribution in [0.2, 0.25) is 5.02 Å². The summed E-state index contributed by atoms with van der Waals surface area (Å²) in [6, 6.07) is 2.00. The number of nitro benzene ring substituents is 1. The third-order valence-electron chi connectivity index (χ3n) is 2.98. The molecule has 1 heterocycles. The molecule has 0 radical (unpaired) electrons. The van der Waals surface area contributed by atoms with Gasteiger partial charge in [-0.25, -0.2) is 4.39 Å². The Morgan fingerprint density at radius 2 is 2.05 bits per heavy atom. The Kier molecular flexibility index (Phi) is 4.36. The van der Waals surface area contributed by atoms with Crippen molar-refractivity contribution < 1.29 is 13.5 Å². The van der Waals surface area contributed by atoms with E-state index in [-0.39, 0.29) is 22.4 Å². The molecule has 0 amide bonds. The van der Waals surface area contributed by atoms with Crippen LogP contribution >= 0.6 is 11.6 Å². The minimum atomic E-state index is -0.810. The zero-order valence-electron chi connectivity index (χ0n) is 9.90. The first-order valence-corrected chi connectivity index (χ1v) is 7.59. The van der Waals surface area contributed by atoms with Gasteiger partial charge >= 0.3 is 0 Å². The maximum atomic E-state index is 13.4. The van der Waals surface area contributed by atoms with Crippen molar-refractivity contribution in [3.8, 4) is 0 Å². The van der Waals surface area contributed by atoms with Crippen molar-refractivity contribution in [1.82, 2.24) is 0 Å². The van der Waals surface area contributed by atoms with Crippen molar-refractivity contribution in [2.75, 3.05) is 16.8 Å². The molecular formula is C11H12ClFN2O3S. The van der Waals surface area contributed by atoms with Crippen LogP contribution in [0.25, 0.3) is 0 Å². The number of hydrogen-bond donors (Lipinski definition) is 1. The number of nitrogens with zero attached hydrogens (tertiary/aromatic N) is 1. The first-order valence-electron chi connectivity index (χ1n) is 5.72. The average Bonchev–Trinajstić information content (AvgIpc) is 2.36. The van der Waals surface area contributed by atoms with Crippen LogP contribution in [-0.2, 0) is 10.8 Å². The molecule has 1 aromatic rings. The molecule has 1 saturated heterocycles. The van der Waals surface area contributed by atoms with Gasteiger partial charge in [0.25, 0.3) is 5.69 Å². The van der Waals surface area contributed by atoms with E-state index in [1.54, 1.807) is 0 Å². The molecule has 8 heteroatoms. The van der Waals surface area contributed by atoms with Gasteiger partial charge in [-0.15, -0.1) is 0 Å². The van der Waals surface area contributed by atoms with Crippen LogP contribution in [0.15, 0.2) is 12.1 Å². The van der Waals surface area contributed by atoms with E-state index in [9.17, 15) is 18.7 Å². The number of hydrogen-bond acceptors (Lipinski definition) is 4. The molecule has 1 fully saturated rings. The Morgan fingerprint density at radius 1 is 1.42 bits per heavy atom. The highest BCUT2D eigenvalue weighted by Crippen LogP contribution is 2.31. The highest BCUT2D eigenvalue weighted by Gasteiger charge is 2.23. The van der Waals surface area contributed by atoms with Crippen LogP contribution in [0.1, 0.15) is 12.8 Å². The SMILES string of the molecule is O=[N+]([O-])c1cc(Cl)c(F)cc1NC1CCS(=O)CC1. The number of nitro groups is 1. The van der Waals surface area contributed by atoms with Gasteiger partial charge in [-0.05, 0) is 12.8 Å². The molecule has 2 rings (SSSR count). The predicted octanol–water partition coefficient (Wildman–Crippen LogP) is 2.71. The number of nitrogens with one attached hydrogen (secondary N) is 1. The van der Waals surface area contributed by atoms with Crippen molar-refractivity contribution in [3.05, 3.63) is 33.1 Å². The molecule has 0 bridgehead atoms. The van der Waals surface area contributed by atoms with E-state index in [0.29, 0.717) is 24.3 Å². The summed E-state index contributed by atoms with van der Waals surface area (Å²) in [6.07, 6.45) is 1.29. The normalized spacial score (nSPS) is 23.1. The molecule has 0 spiro atoms. The molecule has 19 heavy (non-hydrogen) atoms. The van der Waals surface area contributed by atoms with E-state index in [4.69, 9.17) is 11.6 Å². The van der Waals surface area contributed by atoms with Crippen LogP contribution < -0.4 is 5.32 Å². The van der Waals surface area contributed by atoms with E-state index in [1.807, 2.05) is 0 Å². The highest BCUT2D eigenvalue weighted by atomic mass is 35.5. The fraction of sp³-hybridized carbons (Fsp3) is 0.455. The Hall–Kier alpha value is -1.21. The fourth-order valence-corrected chi connectivity index (χ4v) is 3.42. The van der Waals surface area contributed by atoms with E-state index in [2.05, 4.69) is 5.32 Å². The van der Waals surface area contributed by atoms with Crippen molar-refractivity contribution >= 4 is 33.8 Å². The van der Waals surface area contributed by atoms with Gasteiger partial charge in [0.15, 0.2) is 0 Å². The number of rotatable bonds is 3. The summed E-state index contributed by atoms with van der Waals surface area (Å²) in [7, 11) is -0.810. The fourth-order valence-electron chi connectivity index (χ4n) is 1.96. The zero-order valence-corrected chi connectivity index (χ0v) is 11.5. The molecule has 104 valence electrons. The van der Waals surface area contributed by atoms with Crippen molar-refractivity contribution in [1.29, 1.82) is 0 Å². The second-order valence-corrected chi connectivity index (χ2v) is 6.41. The monoisotopic (exact) mass is 306 g/mol. The maximum absolute atomic E-state index is 13.4. The van der Waals surface area contributed by atoms with Gasteiger partial charge in [-0.1, -0.05) is 11.6 Å². The summed E-state index contributed by atoms with van der Waals surface area (Å²) >= 11 is 5.54. The molecule has 0 saturated carbocycles. The third kappa shape index (κ3) is 3.42. The molecule has 5 nitrogen and oxygen atoms in total. The summed E-state index contributed by atoms with van der Waals surface area (Å²) in [4.78, 5) is 10.3. The Labute approximate surface area is 116 Å². The van der Waals surface area contributed by atoms with Gasteiger partial charge in [0, 0.05) is 40.5 Å². The van der Waals surface area contributed by atoms with Crippen molar-refractivity contribution in [2.45, 2.75) is 18.9 Å². The van der Waals surface area contributed by atoms with E-state index in [1.165, 1.54) is 0 Å². The van der Waals surface area contributed by atoms with Gasteiger partial charge < -0.3 is 5.32 Å². The first-order chi connectivity index (χ1) is 8.97. The Bertz CT molecular complexity index is 531. The molecular weight excluding hydrogens is 295 g/mol. The van der Waals surface area contributed by atoms with Gasteiger partial charge in [-0.2, -0.15) is 0 Å². The van der Waals surface area contributed by atoms with Crippen LogP contribution in [0.3, 0.4) is 0 Å². The summed E-state index contributed by atoms with van der Waals surface area (Å²) in [6.45, 7) is 0. The topological polar surface area (TPSA) is 72.2 Å². The number of anilines is 1. The Balaban J connectivity index is 2.21. The van der Waals surface area contributed by atoms with Gasteiger partial charge in [0.1, 0.15) is 11.5 Å². The molecule has 0 atom stereocenters. The van der Waals surface area contributed by atoms with E-state index in [0.717, 1.165) is 12.1 Å². The highest BCUT2D eigenvalue weighted by molar-refractivity contribution is 7.85. The van der Waals surface area contributed by atoms with Gasteiger partial charge in [0.05, 0.1) is 9.95 Å². The van der Waals surface area contributed by atoms with Crippen LogP contribution in [-0.4, -0.2) is 26.7 Å². The number of benzene rings is 1. The lowest BCUT2D eigenvalue weighted by molar-refractivity contribution is -0.384. The lowest BCUT2D eigenvalue weighted by Gasteiger charge is -2.23. The molecule has 1 aromatic carbocycles. The quantitative estimate of drug-likeness (QED) is 0.688. The second-order valence-electron chi connectivity index (χ2n) is 4.31. The summed E-state index contributed by atoms with van der Waals surface area (Å²) in [5.74, 6) is 0.414. The van der Waals surface area contributed by atoms with Crippen molar-refractivity contribution in [2.24, 2.45) is 0 Å². The van der Waals surface area contributed by atoms with Gasteiger partial charge in [0.2, 0.25) is 0 Å². The number of halogens is 2. The molecule has 1 N–H and O–H groups in total. The Morgan fingerprint density at radius 3 is 2.63 bits per heavy atom. The zero-order chi connectivity index (χ0) is 14.0. The molecule has 0 aliphatic carbocycles. The third-order valence-corrected chi connectivity index (χ3v) is 4.65. The lowest BCUT2D eigenvalue weighted by atomic mass is 10.1. The standard InChI is InChI=1S/C11H12ClFN2O3S/c12-8-5-11(15(16)17)10(6-9(8)13)14-7-1-3-19(18)4-2-7/h5-7,14H,1-4H2. The summed E-state index contributed by atoms with van der Waals surface area (Å²) in [5.41, 5.74) is -0.136. The molecule has 0 unspecified atom stereocenters. The molecule has 0 aromatic heterocycles. The summed E-state index contributed by atoms with van der Waals surface area (Å²) < 4.78 is 24.6. The summed E-state index contributed by atoms with van der Waals surface area (Å²) in [5, 5.41) is 13.6. The predicted molar refractivity (Wildman–Crippen MR) is 72.6 cm³/mol. The lowest BCUT2D eigenvalue weighted by Crippen LogP contribution is -2.29. The second kappa shape index (κ2) is 5.83. The first kappa shape index (κ1) is 14.2. The van der Waals surface area contributed by atoms with E-state index < -0.39 is 21.5 Å². The van der Waals surface area contributed by atoms with Crippen LogP contribution in [0.5, 0.6) is 0 Å². The average molecular weight is 307 g/mol. The van der Waals surface area contributed by atoms with Crippen molar-refractivity contribution in [3.63, 3.8) is 0 Å². The van der Waals surface area contributed by atoms with E-state index >= 15 is 0 Å². The molecule has 1 aliphatic rings.